The van der Waals surface area contributed by atoms with Gasteiger partial charge in [0.25, 0.3) is 5.91 Å². The van der Waals surface area contributed by atoms with Crippen molar-refractivity contribution in [1.82, 2.24) is 4.90 Å². The zero-order valence-electron chi connectivity index (χ0n) is 21.0. The van der Waals surface area contributed by atoms with Gasteiger partial charge in [0, 0.05) is 36.5 Å². The van der Waals surface area contributed by atoms with Crippen LogP contribution in [0.15, 0.2) is 66.7 Å². The van der Waals surface area contributed by atoms with Gasteiger partial charge in [-0.25, -0.2) is 0 Å². The quantitative estimate of drug-likeness (QED) is 0.359. The molecule has 0 radical (unpaired) electrons. The van der Waals surface area contributed by atoms with Crippen LogP contribution < -0.4 is 4.74 Å². The number of hydrogen-bond donors (Lipinski definition) is 1. The minimum absolute atomic E-state index is 0.109. The van der Waals surface area contributed by atoms with Gasteiger partial charge in [0.15, 0.2) is 0 Å². The summed E-state index contributed by atoms with van der Waals surface area (Å²) in [7, 11) is 0. The topological polar surface area (TPSA) is 66.8 Å². The van der Waals surface area contributed by atoms with Crippen molar-refractivity contribution in [2.45, 2.75) is 58.1 Å². The molecule has 0 aliphatic carbocycles. The Balaban J connectivity index is 1.50. The van der Waals surface area contributed by atoms with Gasteiger partial charge in [-0.1, -0.05) is 61.8 Å². The third kappa shape index (κ3) is 6.27. The van der Waals surface area contributed by atoms with Gasteiger partial charge in [-0.15, -0.1) is 0 Å². The summed E-state index contributed by atoms with van der Waals surface area (Å²) in [5, 5.41) is 9.77. The second kappa shape index (κ2) is 10.8. The Kier molecular flexibility index (Phi) is 7.70. The maximum atomic E-state index is 13.4. The molecule has 1 aliphatic rings. The normalized spacial score (nSPS) is 16.5. The van der Waals surface area contributed by atoms with Gasteiger partial charge < -0.3 is 14.7 Å². The molecule has 36 heavy (non-hydrogen) atoms. The molecule has 1 heterocycles. The minimum Gasteiger partial charge on any atom is -0.487 e. The monoisotopic (exact) mass is 505 g/mol. The van der Waals surface area contributed by atoms with Crippen LogP contribution >= 0.6 is 11.6 Å². The molecule has 0 saturated heterocycles. The van der Waals surface area contributed by atoms with Crippen LogP contribution in [0.25, 0.3) is 0 Å². The van der Waals surface area contributed by atoms with E-state index in [9.17, 15) is 14.7 Å². The first-order valence-corrected chi connectivity index (χ1v) is 12.7. The Morgan fingerprint density at radius 1 is 1.06 bits per heavy atom. The van der Waals surface area contributed by atoms with Crippen molar-refractivity contribution < 1.29 is 19.4 Å². The summed E-state index contributed by atoms with van der Waals surface area (Å²) in [6.07, 6.45) is 1.33. The van der Waals surface area contributed by atoms with E-state index < -0.39 is 11.6 Å². The predicted molar refractivity (Wildman–Crippen MR) is 142 cm³/mol. The van der Waals surface area contributed by atoms with Crippen LogP contribution in [0.5, 0.6) is 5.75 Å². The average molecular weight is 506 g/mol. The van der Waals surface area contributed by atoms with E-state index in [4.69, 9.17) is 16.3 Å². The van der Waals surface area contributed by atoms with Gasteiger partial charge in [0.05, 0.1) is 6.42 Å². The molecule has 0 fully saturated rings. The molecule has 1 amide bonds. The number of hydrogen-bond acceptors (Lipinski definition) is 3. The SMILES string of the molecule is CC(C)c1ccc(CC2(C)Cc3cc(C(=O)N(CCC(=O)O)Cc4cccc(Cl)c4)ccc3O2)cc1. The van der Waals surface area contributed by atoms with Gasteiger partial charge in [0.1, 0.15) is 11.4 Å². The molecule has 188 valence electrons. The van der Waals surface area contributed by atoms with E-state index in [1.54, 1.807) is 23.1 Å². The number of fused-ring (bicyclic) bond motifs is 1. The highest BCUT2D eigenvalue weighted by atomic mass is 35.5. The summed E-state index contributed by atoms with van der Waals surface area (Å²) in [6, 6.07) is 21.4. The zero-order chi connectivity index (χ0) is 25.9. The van der Waals surface area contributed by atoms with Crippen LogP contribution in [0.1, 0.15) is 65.7 Å². The third-order valence-corrected chi connectivity index (χ3v) is 6.83. The lowest BCUT2D eigenvalue weighted by atomic mass is 9.90. The molecule has 1 aliphatic heterocycles. The number of rotatable bonds is 9. The van der Waals surface area contributed by atoms with E-state index in [1.165, 1.54) is 11.1 Å². The largest absolute Gasteiger partial charge is 0.487 e. The fourth-order valence-electron chi connectivity index (χ4n) is 4.73. The molecule has 0 aromatic heterocycles. The number of nitrogens with zero attached hydrogens (tertiary/aromatic N) is 1. The molecule has 1 atom stereocenters. The number of carboxylic acids is 1. The summed E-state index contributed by atoms with van der Waals surface area (Å²) in [5.74, 6) is 0.127. The molecule has 3 aromatic rings. The van der Waals surface area contributed by atoms with Crippen LogP contribution in [0, 0.1) is 0 Å². The highest BCUT2D eigenvalue weighted by Gasteiger charge is 2.35. The zero-order valence-corrected chi connectivity index (χ0v) is 21.7. The number of benzene rings is 3. The predicted octanol–water partition coefficient (Wildman–Crippen LogP) is 6.52. The highest BCUT2D eigenvalue weighted by Crippen LogP contribution is 2.38. The van der Waals surface area contributed by atoms with E-state index in [2.05, 4.69) is 45.0 Å². The molecular weight excluding hydrogens is 474 g/mol. The van der Waals surface area contributed by atoms with Gasteiger partial charge in [-0.05, 0) is 65.4 Å². The lowest BCUT2D eigenvalue weighted by Crippen LogP contribution is -2.33. The second-order valence-electron chi connectivity index (χ2n) is 10.1. The lowest BCUT2D eigenvalue weighted by Gasteiger charge is -2.24. The summed E-state index contributed by atoms with van der Waals surface area (Å²) < 4.78 is 6.34. The molecule has 1 unspecified atom stereocenters. The van der Waals surface area contributed by atoms with Gasteiger partial charge in [0.2, 0.25) is 0 Å². The Morgan fingerprint density at radius 2 is 1.81 bits per heavy atom. The number of amides is 1. The number of halogens is 1. The van der Waals surface area contributed by atoms with E-state index in [-0.39, 0.29) is 25.4 Å². The van der Waals surface area contributed by atoms with Crippen molar-refractivity contribution in [3.05, 3.63) is 99.6 Å². The van der Waals surface area contributed by atoms with Crippen molar-refractivity contribution in [3.8, 4) is 5.75 Å². The molecular formula is C30H32ClNO4. The Morgan fingerprint density at radius 3 is 2.47 bits per heavy atom. The van der Waals surface area contributed by atoms with Crippen LogP contribution in [-0.2, 0) is 24.2 Å². The maximum absolute atomic E-state index is 13.4. The maximum Gasteiger partial charge on any atom is 0.305 e. The van der Waals surface area contributed by atoms with Gasteiger partial charge in [-0.3, -0.25) is 9.59 Å². The number of ether oxygens (including phenoxy) is 1. The molecule has 4 rings (SSSR count). The standard InChI is InChI=1S/C30H32ClNO4/c1-20(2)23-9-7-21(8-10-23)17-30(3)18-25-16-24(11-12-27(25)36-30)29(35)32(14-13-28(33)34)19-22-5-4-6-26(31)15-22/h4-12,15-16,20H,13-14,17-19H2,1-3H3,(H,33,34). The average Bonchev–Trinajstić information content (AvgIpc) is 3.16. The molecule has 3 aromatic carbocycles. The first-order chi connectivity index (χ1) is 17.1. The first kappa shape index (κ1) is 25.8. The van der Waals surface area contributed by atoms with Gasteiger partial charge in [-0.2, -0.15) is 0 Å². The minimum atomic E-state index is -0.946. The number of aliphatic carboxylic acids is 1. The summed E-state index contributed by atoms with van der Waals surface area (Å²) in [4.78, 5) is 26.2. The Labute approximate surface area is 217 Å². The number of carboxylic acid groups (broad SMARTS) is 1. The smallest absolute Gasteiger partial charge is 0.305 e. The summed E-state index contributed by atoms with van der Waals surface area (Å²) >= 11 is 6.11. The van der Waals surface area contributed by atoms with E-state index in [1.807, 2.05) is 24.3 Å². The fourth-order valence-corrected chi connectivity index (χ4v) is 4.94. The lowest BCUT2D eigenvalue weighted by molar-refractivity contribution is -0.137. The van der Waals surface area contributed by atoms with Crippen LogP contribution in [0.4, 0.5) is 0 Å². The Hall–Kier alpha value is -3.31. The third-order valence-electron chi connectivity index (χ3n) is 6.60. The molecule has 6 heteroatoms. The summed E-state index contributed by atoms with van der Waals surface area (Å²) in [5.41, 5.74) is 4.49. The van der Waals surface area contributed by atoms with Crippen molar-refractivity contribution in [2.75, 3.05) is 6.54 Å². The first-order valence-electron chi connectivity index (χ1n) is 12.3. The number of carbonyl (C=O) groups excluding carboxylic acids is 1. The van der Waals surface area contributed by atoms with Crippen LogP contribution in [0.2, 0.25) is 5.02 Å². The molecule has 1 N–H and O–H groups in total. The molecule has 0 bridgehead atoms. The second-order valence-corrected chi connectivity index (χ2v) is 10.6. The molecule has 0 saturated carbocycles. The van der Waals surface area contributed by atoms with Crippen LogP contribution in [0.3, 0.4) is 0 Å². The molecule has 0 spiro atoms. The summed E-state index contributed by atoms with van der Waals surface area (Å²) in [6.45, 7) is 6.86. The van der Waals surface area contributed by atoms with E-state index >= 15 is 0 Å². The Bertz CT molecular complexity index is 1250. The van der Waals surface area contributed by atoms with E-state index in [0.29, 0.717) is 22.9 Å². The van der Waals surface area contributed by atoms with Gasteiger partial charge >= 0.3 is 5.97 Å². The van der Waals surface area contributed by atoms with Crippen molar-refractivity contribution >= 4 is 23.5 Å². The van der Waals surface area contributed by atoms with Crippen molar-refractivity contribution in [3.63, 3.8) is 0 Å². The van der Waals surface area contributed by atoms with E-state index in [0.717, 1.165) is 23.3 Å². The van der Waals surface area contributed by atoms with Crippen molar-refractivity contribution in [1.29, 1.82) is 0 Å². The number of carbonyl (C=O) groups is 2. The fraction of sp³-hybridized carbons (Fsp3) is 0.333. The molecule has 5 nitrogen and oxygen atoms in total. The van der Waals surface area contributed by atoms with Crippen LogP contribution in [-0.4, -0.2) is 34.0 Å². The van der Waals surface area contributed by atoms with Crippen molar-refractivity contribution in [2.24, 2.45) is 0 Å². The highest BCUT2D eigenvalue weighted by molar-refractivity contribution is 6.30.